The number of rotatable bonds is 4. The van der Waals surface area contributed by atoms with E-state index in [0.29, 0.717) is 0 Å². The molecule has 0 radical (unpaired) electrons. The molecule has 0 aliphatic heterocycles. The zero-order valence-corrected chi connectivity index (χ0v) is 7.27. The molecule has 0 rings (SSSR count). The number of nitrogens with two attached hydrogens (primary N) is 1. The van der Waals surface area contributed by atoms with Crippen molar-refractivity contribution in [3.63, 3.8) is 0 Å². The quantitative estimate of drug-likeness (QED) is 0.497. The van der Waals surface area contributed by atoms with Crippen LogP contribution in [-0.4, -0.2) is 13.3 Å². The molecule has 0 saturated heterocycles. The van der Waals surface area contributed by atoms with E-state index in [1.165, 1.54) is 6.20 Å². The van der Waals surface area contributed by atoms with E-state index >= 15 is 0 Å². The van der Waals surface area contributed by atoms with Crippen molar-refractivity contribution in [3.8, 4) is 0 Å². The van der Waals surface area contributed by atoms with Crippen molar-refractivity contribution >= 4 is 6.21 Å². The van der Waals surface area contributed by atoms with Crippen LogP contribution in [0.25, 0.3) is 0 Å². The number of nitrogens with zero attached hydrogens (tertiary/aromatic N) is 1. The van der Waals surface area contributed by atoms with Gasteiger partial charge in [0.25, 0.3) is 0 Å². The molecule has 64 valence electrons. The Morgan fingerprint density at radius 3 is 2.67 bits per heavy atom. The minimum atomic E-state index is 0.985. The van der Waals surface area contributed by atoms with Crippen LogP contribution in [0.3, 0.4) is 0 Å². The van der Waals surface area contributed by atoms with Crippen molar-refractivity contribution < 1.29 is 0 Å². The van der Waals surface area contributed by atoms with Crippen LogP contribution in [0, 0.1) is 0 Å². The Kier molecular flexibility index (Phi) is 6.55. The molecule has 0 saturated carbocycles. The van der Waals surface area contributed by atoms with Crippen LogP contribution >= 0.6 is 0 Å². The van der Waals surface area contributed by atoms with Gasteiger partial charge in [0.2, 0.25) is 0 Å². The molecule has 12 heavy (non-hydrogen) atoms. The smallest absolute Gasteiger partial charge is 0.0281 e. The van der Waals surface area contributed by atoms with E-state index in [1.807, 2.05) is 18.2 Å². The fourth-order valence-electron chi connectivity index (χ4n) is 0.637. The summed E-state index contributed by atoms with van der Waals surface area (Å²) in [5.41, 5.74) is 6.17. The van der Waals surface area contributed by atoms with Crippen LogP contribution in [-0.2, 0) is 0 Å². The lowest BCUT2D eigenvalue weighted by atomic mass is 10.2. The summed E-state index contributed by atoms with van der Waals surface area (Å²) >= 11 is 0. The summed E-state index contributed by atoms with van der Waals surface area (Å²) < 4.78 is 0. The Morgan fingerprint density at radius 1 is 1.42 bits per heavy atom. The third kappa shape index (κ3) is 5.23. The zero-order valence-electron chi connectivity index (χ0n) is 7.27. The molecule has 0 aliphatic carbocycles. The molecule has 0 fully saturated rings. The molecule has 0 aliphatic rings. The van der Waals surface area contributed by atoms with Gasteiger partial charge in [-0.1, -0.05) is 30.9 Å². The Balaban J connectivity index is 4.41. The first kappa shape index (κ1) is 10.4. The highest BCUT2D eigenvalue weighted by molar-refractivity contribution is 5.82. The molecule has 2 heteroatoms. The summed E-state index contributed by atoms with van der Waals surface area (Å²) in [5.74, 6) is 0. The molecule has 0 heterocycles. The van der Waals surface area contributed by atoms with Gasteiger partial charge in [-0.25, -0.2) is 0 Å². The molecule has 0 unspecified atom stereocenters. The maximum absolute atomic E-state index is 5.19. The first-order valence-corrected chi connectivity index (χ1v) is 3.65. The number of hydrogen-bond acceptors (Lipinski definition) is 2. The van der Waals surface area contributed by atoms with Crippen LogP contribution in [0.15, 0.2) is 53.7 Å². The lowest BCUT2D eigenvalue weighted by Gasteiger charge is -1.87. The van der Waals surface area contributed by atoms with Crippen LogP contribution in [0.4, 0.5) is 0 Å². The predicted molar refractivity (Wildman–Crippen MR) is 55.2 cm³/mol. The van der Waals surface area contributed by atoms with Crippen molar-refractivity contribution in [2.45, 2.75) is 0 Å². The summed E-state index contributed by atoms with van der Waals surface area (Å²) in [6.45, 7) is 3.57. The second-order valence-corrected chi connectivity index (χ2v) is 2.03. The van der Waals surface area contributed by atoms with Crippen LogP contribution in [0.2, 0.25) is 0 Å². The maximum atomic E-state index is 5.19. The normalized spacial score (nSPS) is 13.6. The second kappa shape index (κ2) is 7.54. The lowest BCUT2D eigenvalue weighted by molar-refractivity contribution is 1.46. The third-order valence-corrected chi connectivity index (χ3v) is 1.10. The minimum Gasteiger partial charge on any atom is -0.405 e. The van der Waals surface area contributed by atoms with Crippen LogP contribution < -0.4 is 5.73 Å². The van der Waals surface area contributed by atoms with Crippen molar-refractivity contribution in [2.75, 3.05) is 7.05 Å². The minimum absolute atomic E-state index is 0.985. The Morgan fingerprint density at radius 2 is 2.17 bits per heavy atom. The SMILES string of the molecule is C=C/C=C\C(C=NC)=CC=CN. The molecular formula is C10H14N2. The topological polar surface area (TPSA) is 38.4 Å². The van der Waals surface area contributed by atoms with Gasteiger partial charge in [-0.05, 0) is 17.8 Å². The Hall–Kier alpha value is -1.57. The van der Waals surface area contributed by atoms with Gasteiger partial charge >= 0.3 is 0 Å². The predicted octanol–water partition coefficient (Wildman–Crippen LogP) is 1.83. The van der Waals surface area contributed by atoms with E-state index in [4.69, 9.17) is 5.73 Å². The van der Waals surface area contributed by atoms with Gasteiger partial charge in [0.05, 0.1) is 0 Å². The molecule has 0 amide bonds. The maximum Gasteiger partial charge on any atom is 0.0281 e. The average Bonchev–Trinajstić information content (AvgIpc) is 2.10. The standard InChI is InChI=1S/C10H14N2/c1-3-4-6-10(9-12-2)7-5-8-11/h3-9H,1,11H2,2H3/b6-4-,8-5?,10-7?,12-9?. The second-order valence-electron chi connectivity index (χ2n) is 2.03. The van der Waals surface area contributed by atoms with Gasteiger partial charge < -0.3 is 5.73 Å². The van der Waals surface area contributed by atoms with E-state index in [9.17, 15) is 0 Å². The molecule has 2 nitrogen and oxygen atoms in total. The summed E-state index contributed by atoms with van der Waals surface area (Å²) in [6.07, 6.45) is 12.3. The van der Waals surface area contributed by atoms with Crippen molar-refractivity contribution in [1.82, 2.24) is 0 Å². The summed E-state index contributed by atoms with van der Waals surface area (Å²) in [6, 6.07) is 0. The van der Waals surface area contributed by atoms with Crippen LogP contribution in [0.1, 0.15) is 0 Å². The van der Waals surface area contributed by atoms with Gasteiger partial charge in [-0.15, -0.1) is 0 Å². The van der Waals surface area contributed by atoms with Crippen molar-refractivity contribution in [1.29, 1.82) is 0 Å². The molecule has 2 N–H and O–H groups in total. The fraction of sp³-hybridized carbons (Fsp3) is 0.100. The lowest BCUT2D eigenvalue weighted by Crippen LogP contribution is -1.79. The van der Waals surface area contributed by atoms with Gasteiger partial charge in [0, 0.05) is 13.3 Å². The van der Waals surface area contributed by atoms with Crippen molar-refractivity contribution in [3.05, 3.63) is 48.7 Å². The van der Waals surface area contributed by atoms with E-state index in [0.717, 1.165) is 5.57 Å². The highest BCUT2D eigenvalue weighted by Crippen LogP contribution is 1.93. The third-order valence-electron chi connectivity index (χ3n) is 1.10. The fourth-order valence-corrected chi connectivity index (χ4v) is 0.637. The Bertz CT molecular complexity index is 232. The summed E-state index contributed by atoms with van der Waals surface area (Å²) in [4.78, 5) is 3.89. The molecule has 0 aromatic rings. The van der Waals surface area contributed by atoms with E-state index in [-0.39, 0.29) is 0 Å². The van der Waals surface area contributed by atoms with E-state index in [1.54, 1.807) is 25.4 Å². The largest absolute Gasteiger partial charge is 0.405 e. The van der Waals surface area contributed by atoms with E-state index in [2.05, 4.69) is 11.6 Å². The first-order chi connectivity index (χ1) is 5.85. The van der Waals surface area contributed by atoms with Crippen LogP contribution in [0.5, 0.6) is 0 Å². The molecule has 0 aromatic carbocycles. The molecule has 0 aromatic heterocycles. The first-order valence-electron chi connectivity index (χ1n) is 3.65. The Labute approximate surface area is 73.5 Å². The highest BCUT2D eigenvalue weighted by Gasteiger charge is 1.81. The number of aliphatic imine (C=N–C) groups is 1. The van der Waals surface area contributed by atoms with Gasteiger partial charge in [-0.2, -0.15) is 0 Å². The van der Waals surface area contributed by atoms with E-state index < -0.39 is 0 Å². The van der Waals surface area contributed by atoms with Gasteiger partial charge in [-0.3, -0.25) is 4.99 Å². The average molecular weight is 162 g/mol. The highest BCUT2D eigenvalue weighted by atomic mass is 14.6. The summed E-state index contributed by atoms with van der Waals surface area (Å²) in [5, 5.41) is 0. The van der Waals surface area contributed by atoms with Gasteiger partial charge in [0.1, 0.15) is 0 Å². The van der Waals surface area contributed by atoms with Gasteiger partial charge in [0.15, 0.2) is 0 Å². The molecule has 0 bridgehead atoms. The van der Waals surface area contributed by atoms with Crippen molar-refractivity contribution in [2.24, 2.45) is 10.7 Å². The number of allylic oxidation sites excluding steroid dienone is 6. The number of hydrogen-bond donors (Lipinski definition) is 1. The molecule has 0 spiro atoms. The zero-order chi connectivity index (χ0) is 9.23. The molecular weight excluding hydrogens is 148 g/mol. The monoisotopic (exact) mass is 162 g/mol. The summed E-state index contributed by atoms with van der Waals surface area (Å²) in [7, 11) is 1.72. The molecule has 0 atom stereocenters.